The Morgan fingerprint density at radius 3 is 2.61 bits per heavy atom. The highest BCUT2D eigenvalue weighted by atomic mass is 32.2. The first kappa shape index (κ1) is 19.6. The number of carbonyl (C=O) groups is 1. The molecule has 0 fully saturated rings. The first-order valence-electron chi connectivity index (χ1n) is 8.85. The predicted octanol–water partition coefficient (Wildman–Crippen LogP) is 4.39. The van der Waals surface area contributed by atoms with Gasteiger partial charge in [-0.05, 0) is 37.6 Å². The van der Waals surface area contributed by atoms with Crippen molar-refractivity contribution in [3.8, 4) is 17.5 Å². The Hall–Kier alpha value is -3.11. The summed E-state index contributed by atoms with van der Waals surface area (Å²) in [6, 6.07) is 17.5. The van der Waals surface area contributed by atoms with Crippen LogP contribution in [0, 0.1) is 25.2 Å². The maximum absolute atomic E-state index is 12.7. The van der Waals surface area contributed by atoms with Gasteiger partial charge in [-0.3, -0.25) is 4.79 Å². The van der Waals surface area contributed by atoms with Crippen molar-refractivity contribution in [3.05, 3.63) is 59.7 Å². The van der Waals surface area contributed by atoms with Crippen molar-refractivity contribution in [2.75, 3.05) is 17.2 Å². The van der Waals surface area contributed by atoms with E-state index < -0.39 is 0 Å². The van der Waals surface area contributed by atoms with E-state index in [9.17, 15) is 4.79 Å². The summed E-state index contributed by atoms with van der Waals surface area (Å²) in [4.78, 5) is 14.4. The van der Waals surface area contributed by atoms with Crippen LogP contribution >= 0.6 is 11.8 Å². The number of rotatable bonds is 7. The van der Waals surface area contributed by atoms with Crippen molar-refractivity contribution < 1.29 is 9.21 Å². The molecule has 0 radical (unpaired) electrons. The second-order valence-corrected chi connectivity index (χ2v) is 7.19. The Morgan fingerprint density at radius 2 is 1.89 bits per heavy atom. The molecule has 6 nitrogen and oxygen atoms in total. The third-order valence-corrected chi connectivity index (χ3v) is 5.00. The van der Waals surface area contributed by atoms with Gasteiger partial charge in [0.05, 0.1) is 18.2 Å². The molecule has 2 aromatic carbocycles. The van der Waals surface area contributed by atoms with Crippen LogP contribution in [0.15, 0.2) is 58.2 Å². The van der Waals surface area contributed by atoms with Gasteiger partial charge in [-0.25, -0.2) is 0 Å². The van der Waals surface area contributed by atoms with Crippen LogP contribution in [0.1, 0.15) is 17.5 Å². The number of anilines is 1. The molecule has 0 saturated heterocycles. The zero-order valence-electron chi connectivity index (χ0n) is 15.8. The fraction of sp³-hybridized carbons (Fsp3) is 0.238. The van der Waals surface area contributed by atoms with Crippen LogP contribution in [-0.2, 0) is 4.79 Å². The van der Waals surface area contributed by atoms with Crippen LogP contribution in [0.5, 0.6) is 0 Å². The molecule has 1 heterocycles. The minimum Gasteiger partial charge on any atom is -0.411 e. The van der Waals surface area contributed by atoms with Crippen LogP contribution in [-0.4, -0.2) is 28.4 Å². The quantitative estimate of drug-likeness (QED) is 0.555. The van der Waals surface area contributed by atoms with Crippen LogP contribution in [0.3, 0.4) is 0 Å². The molecule has 0 saturated carbocycles. The number of aryl methyl sites for hydroxylation is 2. The van der Waals surface area contributed by atoms with Gasteiger partial charge in [-0.15, -0.1) is 10.2 Å². The van der Waals surface area contributed by atoms with Gasteiger partial charge in [0, 0.05) is 17.8 Å². The lowest BCUT2D eigenvalue weighted by molar-refractivity contribution is -0.116. The van der Waals surface area contributed by atoms with E-state index in [4.69, 9.17) is 9.68 Å². The SMILES string of the molecule is Cc1ccc(N(CCC#N)C(=O)CSc2nnc(-c3ccccc3C)o2)cc1. The number of aromatic nitrogens is 2. The molecule has 1 aromatic heterocycles. The molecular formula is C21H20N4O2S. The van der Waals surface area contributed by atoms with Gasteiger partial charge < -0.3 is 9.32 Å². The topological polar surface area (TPSA) is 83.0 Å². The zero-order valence-corrected chi connectivity index (χ0v) is 16.6. The third-order valence-electron chi connectivity index (χ3n) is 4.19. The number of nitrogens with zero attached hydrogens (tertiary/aromatic N) is 4. The van der Waals surface area contributed by atoms with Crippen molar-refractivity contribution in [2.24, 2.45) is 0 Å². The van der Waals surface area contributed by atoms with E-state index in [0.717, 1.165) is 22.4 Å². The molecular weight excluding hydrogens is 372 g/mol. The lowest BCUT2D eigenvalue weighted by atomic mass is 10.1. The van der Waals surface area contributed by atoms with E-state index >= 15 is 0 Å². The molecule has 1 amide bonds. The van der Waals surface area contributed by atoms with Crippen LogP contribution < -0.4 is 4.90 Å². The lowest BCUT2D eigenvalue weighted by Gasteiger charge is -2.21. The molecule has 3 aromatic rings. The largest absolute Gasteiger partial charge is 0.411 e. The van der Waals surface area contributed by atoms with E-state index in [2.05, 4.69) is 16.3 Å². The van der Waals surface area contributed by atoms with E-state index in [0.29, 0.717) is 17.7 Å². The number of hydrogen-bond acceptors (Lipinski definition) is 6. The van der Waals surface area contributed by atoms with Crippen LogP contribution in [0.2, 0.25) is 0 Å². The Bertz CT molecular complexity index is 992. The van der Waals surface area contributed by atoms with Crippen molar-refractivity contribution in [1.29, 1.82) is 5.26 Å². The van der Waals surface area contributed by atoms with Gasteiger partial charge in [0.1, 0.15) is 0 Å². The van der Waals surface area contributed by atoms with Crippen molar-refractivity contribution in [2.45, 2.75) is 25.5 Å². The Balaban J connectivity index is 1.68. The Kier molecular flexibility index (Phi) is 6.45. The number of thioether (sulfide) groups is 1. The molecule has 0 unspecified atom stereocenters. The first-order valence-corrected chi connectivity index (χ1v) is 9.83. The molecule has 142 valence electrons. The summed E-state index contributed by atoms with van der Waals surface area (Å²) in [5.74, 6) is 0.474. The molecule has 0 spiro atoms. The summed E-state index contributed by atoms with van der Waals surface area (Å²) in [6.07, 6.45) is 0.266. The third kappa shape index (κ3) is 4.78. The van der Waals surface area contributed by atoms with Gasteiger partial charge in [-0.2, -0.15) is 5.26 Å². The van der Waals surface area contributed by atoms with Crippen LogP contribution in [0.4, 0.5) is 5.69 Å². The summed E-state index contributed by atoms with van der Waals surface area (Å²) in [7, 11) is 0. The highest BCUT2D eigenvalue weighted by Crippen LogP contribution is 2.26. The van der Waals surface area contributed by atoms with Gasteiger partial charge >= 0.3 is 0 Å². The highest BCUT2D eigenvalue weighted by Gasteiger charge is 2.18. The number of amides is 1. The number of hydrogen-bond donors (Lipinski definition) is 0. The van der Waals surface area contributed by atoms with E-state index in [1.807, 2.05) is 62.4 Å². The first-order chi connectivity index (χ1) is 13.6. The van der Waals surface area contributed by atoms with E-state index in [1.165, 1.54) is 11.8 Å². The maximum atomic E-state index is 12.7. The normalized spacial score (nSPS) is 10.5. The molecule has 0 atom stereocenters. The van der Waals surface area contributed by atoms with Gasteiger partial charge in [0.25, 0.3) is 5.22 Å². The molecule has 28 heavy (non-hydrogen) atoms. The predicted molar refractivity (Wildman–Crippen MR) is 109 cm³/mol. The van der Waals surface area contributed by atoms with Crippen LogP contribution in [0.25, 0.3) is 11.5 Å². The fourth-order valence-corrected chi connectivity index (χ4v) is 3.31. The maximum Gasteiger partial charge on any atom is 0.277 e. The Morgan fingerprint density at radius 1 is 1.14 bits per heavy atom. The molecule has 7 heteroatoms. The second kappa shape index (κ2) is 9.20. The molecule has 0 bridgehead atoms. The van der Waals surface area contributed by atoms with Crippen molar-refractivity contribution in [3.63, 3.8) is 0 Å². The monoisotopic (exact) mass is 392 g/mol. The van der Waals surface area contributed by atoms with Gasteiger partial charge in [0.2, 0.25) is 11.8 Å². The minimum absolute atomic E-state index is 0.111. The average molecular weight is 392 g/mol. The Labute approximate surface area is 168 Å². The smallest absolute Gasteiger partial charge is 0.277 e. The lowest BCUT2D eigenvalue weighted by Crippen LogP contribution is -2.33. The highest BCUT2D eigenvalue weighted by molar-refractivity contribution is 7.99. The summed E-state index contributed by atoms with van der Waals surface area (Å²) in [6.45, 7) is 4.31. The molecule has 0 aliphatic carbocycles. The van der Waals surface area contributed by atoms with Crippen molar-refractivity contribution >= 4 is 23.4 Å². The summed E-state index contributed by atoms with van der Waals surface area (Å²) < 4.78 is 5.70. The van der Waals surface area contributed by atoms with Crippen molar-refractivity contribution in [1.82, 2.24) is 10.2 Å². The number of benzene rings is 2. The zero-order chi connectivity index (χ0) is 19.9. The summed E-state index contributed by atoms with van der Waals surface area (Å²) in [5.41, 5.74) is 3.81. The number of nitriles is 1. The standard InChI is InChI=1S/C21H20N4O2S/c1-15-8-10-17(11-9-15)25(13-5-12-22)19(26)14-28-21-24-23-20(27-21)18-7-4-3-6-16(18)2/h3-4,6-11H,5,13-14H2,1-2H3. The molecule has 0 aliphatic heterocycles. The van der Waals surface area contributed by atoms with E-state index in [-0.39, 0.29) is 18.1 Å². The number of carbonyl (C=O) groups excluding carboxylic acids is 1. The minimum atomic E-state index is -0.111. The molecule has 0 aliphatic rings. The summed E-state index contributed by atoms with van der Waals surface area (Å²) in [5, 5.41) is 17.4. The molecule has 0 N–H and O–H groups in total. The van der Waals surface area contributed by atoms with Gasteiger partial charge in [-0.1, -0.05) is 47.7 Å². The second-order valence-electron chi connectivity index (χ2n) is 6.27. The van der Waals surface area contributed by atoms with Gasteiger partial charge in [0.15, 0.2) is 0 Å². The summed E-state index contributed by atoms with van der Waals surface area (Å²) >= 11 is 1.20. The molecule has 3 rings (SSSR count). The fourth-order valence-electron chi connectivity index (χ4n) is 2.68. The average Bonchev–Trinajstić information content (AvgIpc) is 3.17. The van der Waals surface area contributed by atoms with E-state index in [1.54, 1.807) is 4.90 Å².